The van der Waals surface area contributed by atoms with E-state index in [9.17, 15) is 13.2 Å². The molecule has 0 atom stereocenters. The van der Waals surface area contributed by atoms with Crippen LogP contribution in [0.1, 0.15) is 62.8 Å². The Morgan fingerprint density at radius 1 is 1.03 bits per heavy atom. The van der Waals surface area contributed by atoms with E-state index in [1.165, 1.54) is 24.3 Å². The van der Waals surface area contributed by atoms with E-state index in [0.29, 0.717) is 17.8 Å². The van der Waals surface area contributed by atoms with Crippen LogP contribution in [0, 0.1) is 34.8 Å². The average Bonchev–Trinajstić information content (AvgIpc) is 2.75. The van der Waals surface area contributed by atoms with Crippen LogP contribution >= 0.6 is 0 Å². The number of nitrogens with zero attached hydrogens (tertiary/aromatic N) is 1. The highest BCUT2D eigenvalue weighted by Gasteiger charge is 2.25. The summed E-state index contributed by atoms with van der Waals surface area (Å²) in [5.74, 6) is -1.05. The van der Waals surface area contributed by atoms with Crippen LogP contribution in [0.15, 0.2) is 42.3 Å². The molecule has 29 heavy (non-hydrogen) atoms. The van der Waals surface area contributed by atoms with Crippen molar-refractivity contribution in [1.29, 1.82) is 5.26 Å². The molecule has 0 saturated heterocycles. The fraction of sp³-hybridized carbons (Fsp3) is 0.542. The molecule has 3 rings (SSSR count). The number of allylic oxidation sites excluding steroid dienone is 4. The van der Waals surface area contributed by atoms with Gasteiger partial charge in [0, 0.05) is 6.61 Å². The molecule has 1 aromatic rings. The summed E-state index contributed by atoms with van der Waals surface area (Å²) in [5.41, 5.74) is 0.902. The van der Waals surface area contributed by atoms with Crippen LogP contribution in [0.25, 0.3) is 0 Å². The molecule has 2 fully saturated rings. The van der Waals surface area contributed by atoms with Gasteiger partial charge in [-0.3, -0.25) is 0 Å². The number of rotatable bonds is 6. The summed E-state index contributed by atoms with van der Waals surface area (Å²) in [6.07, 6.45) is 13.2. The molecule has 0 unspecified atom stereocenters. The predicted octanol–water partition coefficient (Wildman–Crippen LogP) is 6.75. The molecule has 2 saturated carbocycles. The molecule has 0 aliphatic heterocycles. The van der Waals surface area contributed by atoms with Crippen LogP contribution in [-0.2, 0) is 4.74 Å². The van der Waals surface area contributed by atoms with Crippen molar-refractivity contribution in [3.63, 3.8) is 0 Å². The van der Waals surface area contributed by atoms with Gasteiger partial charge in [-0.15, -0.1) is 0 Å². The van der Waals surface area contributed by atoms with Crippen molar-refractivity contribution in [2.75, 3.05) is 6.61 Å². The van der Waals surface area contributed by atoms with Crippen molar-refractivity contribution in [3.8, 4) is 6.07 Å². The smallest absolute Gasteiger partial charge is 0.199 e. The van der Waals surface area contributed by atoms with E-state index >= 15 is 0 Å². The summed E-state index contributed by atoms with van der Waals surface area (Å²) < 4.78 is 45.5. The Morgan fingerprint density at radius 3 is 2.41 bits per heavy atom. The molecule has 5 heteroatoms. The number of nitriles is 1. The summed E-state index contributed by atoms with van der Waals surface area (Å²) in [5, 5.41) is 8.39. The van der Waals surface area contributed by atoms with Crippen LogP contribution in [0.4, 0.5) is 13.2 Å². The predicted molar refractivity (Wildman–Crippen MR) is 107 cm³/mol. The maximum atomic E-state index is 13.5. The number of benzene rings is 1. The van der Waals surface area contributed by atoms with E-state index < -0.39 is 17.5 Å². The summed E-state index contributed by atoms with van der Waals surface area (Å²) in [6, 6.07) is 5.74. The maximum absolute atomic E-state index is 13.5. The Labute approximate surface area is 171 Å². The Hall–Kier alpha value is -2.06. The van der Waals surface area contributed by atoms with Gasteiger partial charge in [0.05, 0.1) is 6.10 Å². The highest BCUT2D eigenvalue weighted by Crippen LogP contribution is 2.37. The molecular formula is C24H28F3NO. The fourth-order valence-corrected chi connectivity index (χ4v) is 4.48. The summed E-state index contributed by atoms with van der Waals surface area (Å²) in [6.45, 7) is 0.770. The zero-order valence-corrected chi connectivity index (χ0v) is 16.6. The lowest BCUT2D eigenvalue weighted by Gasteiger charge is -2.32. The summed E-state index contributed by atoms with van der Waals surface area (Å²) in [4.78, 5) is 0. The van der Waals surface area contributed by atoms with Gasteiger partial charge in [0.2, 0.25) is 0 Å². The largest absolute Gasteiger partial charge is 0.378 e. The van der Waals surface area contributed by atoms with E-state index in [-0.39, 0.29) is 6.10 Å². The molecule has 1 aromatic carbocycles. The molecule has 0 amide bonds. The Bertz CT molecular complexity index is 767. The maximum Gasteiger partial charge on any atom is 0.199 e. The minimum atomic E-state index is -0.785. The molecule has 156 valence electrons. The monoisotopic (exact) mass is 403 g/mol. The van der Waals surface area contributed by atoms with Gasteiger partial charge in [-0.05, 0) is 92.9 Å². The van der Waals surface area contributed by atoms with Crippen molar-refractivity contribution in [1.82, 2.24) is 0 Å². The summed E-state index contributed by atoms with van der Waals surface area (Å²) in [7, 11) is 0. The van der Waals surface area contributed by atoms with Gasteiger partial charge >= 0.3 is 0 Å². The van der Waals surface area contributed by atoms with Gasteiger partial charge in [0.25, 0.3) is 0 Å². The third kappa shape index (κ3) is 6.47. The first-order valence-corrected chi connectivity index (χ1v) is 10.6. The zero-order chi connectivity index (χ0) is 20.6. The van der Waals surface area contributed by atoms with Crippen molar-refractivity contribution < 1.29 is 17.9 Å². The molecule has 0 bridgehead atoms. The van der Waals surface area contributed by atoms with Crippen LogP contribution in [0.5, 0.6) is 0 Å². The fourth-order valence-electron chi connectivity index (χ4n) is 4.48. The SMILES string of the molecule is N#CC(F)=CC=CC1CCC(OCC2CCC(c3ccc(F)c(F)c3)CC2)CC1. The highest BCUT2D eigenvalue weighted by atomic mass is 19.2. The summed E-state index contributed by atoms with van der Waals surface area (Å²) >= 11 is 0. The first-order valence-electron chi connectivity index (χ1n) is 10.6. The lowest BCUT2D eigenvalue weighted by Crippen LogP contribution is -2.25. The van der Waals surface area contributed by atoms with E-state index in [4.69, 9.17) is 10.00 Å². The molecule has 2 aliphatic carbocycles. The Balaban J connectivity index is 1.35. The number of hydrogen-bond donors (Lipinski definition) is 0. The van der Waals surface area contributed by atoms with Crippen molar-refractivity contribution in [2.45, 2.75) is 63.4 Å². The topological polar surface area (TPSA) is 33.0 Å². The van der Waals surface area contributed by atoms with Crippen LogP contribution < -0.4 is 0 Å². The zero-order valence-electron chi connectivity index (χ0n) is 16.6. The third-order valence-corrected chi connectivity index (χ3v) is 6.28. The third-order valence-electron chi connectivity index (χ3n) is 6.28. The lowest BCUT2D eigenvalue weighted by atomic mass is 9.79. The number of halogens is 3. The van der Waals surface area contributed by atoms with Gasteiger partial charge in [-0.25, -0.2) is 8.78 Å². The van der Waals surface area contributed by atoms with Gasteiger partial charge < -0.3 is 4.74 Å². The van der Waals surface area contributed by atoms with Gasteiger partial charge in [0.1, 0.15) is 6.07 Å². The van der Waals surface area contributed by atoms with Crippen LogP contribution in [0.3, 0.4) is 0 Å². The average molecular weight is 403 g/mol. The van der Waals surface area contributed by atoms with E-state index in [1.807, 2.05) is 6.08 Å². The van der Waals surface area contributed by atoms with Crippen LogP contribution in [-0.4, -0.2) is 12.7 Å². The molecule has 2 nitrogen and oxygen atoms in total. The molecule has 0 radical (unpaired) electrons. The highest BCUT2D eigenvalue weighted by molar-refractivity contribution is 5.22. The second kappa shape index (κ2) is 10.6. The first-order chi connectivity index (χ1) is 14.0. The molecule has 0 spiro atoms. The van der Waals surface area contributed by atoms with E-state index in [1.54, 1.807) is 12.1 Å². The van der Waals surface area contributed by atoms with Gasteiger partial charge in [0.15, 0.2) is 17.5 Å². The van der Waals surface area contributed by atoms with E-state index in [0.717, 1.165) is 63.5 Å². The molecule has 0 N–H and O–H groups in total. The Morgan fingerprint density at radius 2 is 1.76 bits per heavy atom. The first kappa shape index (κ1) is 21.6. The minimum absolute atomic E-state index is 0.287. The van der Waals surface area contributed by atoms with Crippen LogP contribution in [0.2, 0.25) is 0 Å². The molecule has 2 aliphatic rings. The second-order valence-corrected chi connectivity index (χ2v) is 8.27. The quantitative estimate of drug-likeness (QED) is 0.389. The standard InChI is InChI=1S/C24H28F3NO/c25-21(15-28)3-1-2-17-6-11-22(12-7-17)29-16-18-4-8-19(9-5-18)20-10-13-23(26)24(27)14-20/h1-3,10,13-14,17-19,22H,4-9,11-12,16H2. The van der Waals surface area contributed by atoms with E-state index in [2.05, 4.69) is 0 Å². The second-order valence-electron chi connectivity index (χ2n) is 8.27. The number of hydrogen-bond acceptors (Lipinski definition) is 2. The number of ether oxygens (including phenoxy) is 1. The molecule has 0 aromatic heterocycles. The Kier molecular flexibility index (Phi) is 7.94. The van der Waals surface area contributed by atoms with Crippen molar-refractivity contribution in [2.24, 2.45) is 11.8 Å². The minimum Gasteiger partial charge on any atom is -0.378 e. The van der Waals surface area contributed by atoms with Gasteiger partial charge in [-0.1, -0.05) is 18.2 Å². The van der Waals surface area contributed by atoms with Gasteiger partial charge in [-0.2, -0.15) is 9.65 Å². The normalized spacial score (nSPS) is 28.4. The molecular weight excluding hydrogens is 375 g/mol. The lowest BCUT2D eigenvalue weighted by molar-refractivity contribution is -0.00457. The van der Waals surface area contributed by atoms with Crippen molar-refractivity contribution in [3.05, 3.63) is 59.5 Å². The van der Waals surface area contributed by atoms with Crippen molar-refractivity contribution >= 4 is 0 Å². The molecule has 0 heterocycles.